The molecule has 0 aliphatic heterocycles. The van der Waals surface area contributed by atoms with Gasteiger partial charge in [-0.2, -0.15) is 0 Å². The topological polar surface area (TPSA) is 36.7 Å². The van der Waals surface area contributed by atoms with E-state index in [1.807, 2.05) is 6.07 Å². The zero-order chi connectivity index (χ0) is 7.40. The maximum Gasteiger partial charge on any atom is 0.0621 e. The summed E-state index contributed by atoms with van der Waals surface area (Å²) >= 11 is 0. The van der Waals surface area contributed by atoms with Gasteiger partial charge in [-0.25, -0.2) is 0 Å². The fraction of sp³-hybridized carbons (Fsp3) is 0. The highest BCUT2D eigenvalue weighted by molar-refractivity contribution is 6.05. The smallest absolute Gasteiger partial charge is 0.0621 e. The summed E-state index contributed by atoms with van der Waals surface area (Å²) in [7, 11) is 0. The number of pyridine rings is 1. The van der Waals surface area contributed by atoms with Crippen LogP contribution in [0.15, 0.2) is 37.2 Å². The van der Waals surface area contributed by atoms with Gasteiger partial charge < -0.3 is 5.41 Å². The van der Waals surface area contributed by atoms with Crippen molar-refractivity contribution >= 4 is 5.71 Å². The van der Waals surface area contributed by atoms with E-state index in [1.54, 1.807) is 18.5 Å². The molecule has 1 aromatic heterocycles. The molecule has 0 unspecified atom stereocenters. The Labute approximate surface area is 59.7 Å². The Hall–Kier alpha value is -1.44. The van der Waals surface area contributed by atoms with Crippen LogP contribution in [0, 0.1) is 5.41 Å². The fourth-order valence-electron chi connectivity index (χ4n) is 0.640. The molecule has 2 heteroatoms. The number of aromatic nitrogens is 1. The predicted octanol–water partition coefficient (Wildman–Crippen LogP) is 1.64. The molecule has 2 nitrogen and oxygen atoms in total. The van der Waals surface area contributed by atoms with Gasteiger partial charge in [-0.15, -0.1) is 0 Å². The molecule has 0 saturated carbocycles. The Kier molecular flexibility index (Phi) is 1.95. The first-order valence-electron chi connectivity index (χ1n) is 2.96. The van der Waals surface area contributed by atoms with E-state index < -0.39 is 0 Å². The first-order chi connectivity index (χ1) is 4.84. The van der Waals surface area contributed by atoms with Crippen LogP contribution in [0.3, 0.4) is 0 Å². The molecule has 10 heavy (non-hydrogen) atoms. The Morgan fingerprint density at radius 2 is 2.50 bits per heavy atom. The van der Waals surface area contributed by atoms with E-state index >= 15 is 0 Å². The van der Waals surface area contributed by atoms with E-state index in [9.17, 15) is 0 Å². The van der Waals surface area contributed by atoms with Gasteiger partial charge in [0.2, 0.25) is 0 Å². The van der Waals surface area contributed by atoms with Crippen LogP contribution < -0.4 is 0 Å². The van der Waals surface area contributed by atoms with Crippen molar-refractivity contribution in [3.8, 4) is 0 Å². The summed E-state index contributed by atoms with van der Waals surface area (Å²) < 4.78 is 0. The summed E-state index contributed by atoms with van der Waals surface area (Å²) in [6, 6.07) is 3.63. The van der Waals surface area contributed by atoms with Crippen molar-refractivity contribution in [2.24, 2.45) is 0 Å². The minimum Gasteiger partial charge on any atom is -0.300 e. The molecule has 1 rings (SSSR count). The summed E-state index contributed by atoms with van der Waals surface area (Å²) in [5.74, 6) is 0. The van der Waals surface area contributed by atoms with E-state index in [-0.39, 0.29) is 0 Å². The van der Waals surface area contributed by atoms with E-state index in [0.717, 1.165) is 5.56 Å². The number of nitrogens with zero attached hydrogens (tertiary/aromatic N) is 1. The van der Waals surface area contributed by atoms with E-state index in [0.29, 0.717) is 5.71 Å². The molecule has 0 atom stereocenters. The molecule has 0 radical (unpaired) electrons. The Morgan fingerprint density at radius 1 is 1.70 bits per heavy atom. The molecule has 0 fully saturated rings. The zero-order valence-corrected chi connectivity index (χ0v) is 5.54. The second-order valence-electron chi connectivity index (χ2n) is 1.86. The Balaban J connectivity index is 2.95. The van der Waals surface area contributed by atoms with Crippen LogP contribution in [-0.2, 0) is 0 Å². The lowest BCUT2D eigenvalue weighted by Crippen LogP contribution is -1.92. The van der Waals surface area contributed by atoms with Crippen LogP contribution in [0.2, 0.25) is 0 Å². The highest BCUT2D eigenvalue weighted by Crippen LogP contribution is 1.96. The summed E-state index contributed by atoms with van der Waals surface area (Å²) in [6.07, 6.45) is 4.82. The largest absolute Gasteiger partial charge is 0.300 e. The normalized spacial score (nSPS) is 8.80. The van der Waals surface area contributed by atoms with Crippen molar-refractivity contribution in [2.45, 2.75) is 0 Å². The molecule has 1 N–H and O–H groups in total. The molecular weight excluding hydrogens is 124 g/mol. The molecule has 1 aromatic rings. The second-order valence-corrected chi connectivity index (χ2v) is 1.86. The lowest BCUT2D eigenvalue weighted by Gasteiger charge is -1.93. The summed E-state index contributed by atoms with van der Waals surface area (Å²) in [6.45, 7) is 3.48. The van der Waals surface area contributed by atoms with Crippen LogP contribution in [0.4, 0.5) is 0 Å². The first kappa shape index (κ1) is 6.68. The number of hydrogen-bond acceptors (Lipinski definition) is 2. The Morgan fingerprint density at radius 3 is 3.00 bits per heavy atom. The van der Waals surface area contributed by atoms with Gasteiger partial charge >= 0.3 is 0 Å². The van der Waals surface area contributed by atoms with E-state index in [1.165, 1.54) is 6.08 Å². The van der Waals surface area contributed by atoms with Crippen molar-refractivity contribution in [1.82, 2.24) is 4.98 Å². The number of allylic oxidation sites excluding steroid dienone is 1. The van der Waals surface area contributed by atoms with Gasteiger partial charge in [0.05, 0.1) is 5.71 Å². The molecule has 0 amide bonds. The predicted molar refractivity (Wildman–Crippen MR) is 41.3 cm³/mol. The molecule has 0 aliphatic carbocycles. The summed E-state index contributed by atoms with van der Waals surface area (Å²) in [5.41, 5.74) is 1.21. The zero-order valence-electron chi connectivity index (χ0n) is 5.54. The molecule has 0 bridgehead atoms. The minimum absolute atomic E-state index is 0.410. The van der Waals surface area contributed by atoms with Crippen LogP contribution >= 0.6 is 0 Å². The van der Waals surface area contributed by atoms with Crippen LogP contribution in [0.25, 0.3) is 0 Å². The van der Waals surface area contributed by atoms with Crippen LogP contribution in [0.5, 0.6) is 0 Å². The first-order valence-corrected chi connectivity index (χ1v) is 2.96. The number of nitrogens with one attached hydrogen (secondary N) is 1. The molecule has 0 aliphatic rings. The van der Waals surface area contributed by atoms with Gasteiger partial charge in [0.25, 0.3) is 0 Å². The average Bonchev–Trinajstić information content (AvgIpc) is 2.05. The maximum absolute atomic E-state index is 7.32. The molecule has 0 aromatic carbocycles. The van der Waals surface area contributed by atoms with Gasteiger partial charge in [0.1, 0.15) is 0 Å². The highest BCUT2D eigenvalue weighted by atomic mass is 14.6. The standard InChI is InChI=1S/C8H8N2/c1-2-8(9)7-4-3-5-10-6-7/h2-6,9H,1H2. The Bertz CT molecular complexity index is 239. The molecular formula is C8H8N2. The minimum atomic E-state index is 0.410. The third kappa shape index (κ3) is 1.29. The molecule has 0 saturated heterocycles. The summed E-state index contributed by atoms with van der Waals surface area (Å²) in [5, 5.41) is 7.32. The third-order valence-corrected chi connectivity index (χ3v) is 1.18. The van der Waals surface area contributed by atoms with Gasteiger partial charge in [0.15, 0.2) is 0 Å². The van der Waals surface area contributed by atoms with Crippen molar-refractivity contribution in [2.75, 3.05) is 0 Å². The molecule has 50 valence electrons. The summed E-state index contributed by atoms with van der Waals surface area (Å²) in [4.78, 5) is 3.87. The van der Waals surface area contributed by atoms with Crippen molar-refractivity contribution < 1.29 is 0 Å². The lowest BCUT2D eigenvalue weighted by atomic mass is 10.2. The number of hydrogen-bond donors (Lipinski definition) is 1. The lowest BCUT2D eigenvalue weighted by molar-refractivity contribution is 1.31. The third-order valence-electron chi connectivity index (χ3n) is 1.18. The van der Waals surface area contributed by atoms with Gasteiger partial charge in [-0.3, -0.25) is 4.98 Å². The van der Waals surface area contributed by atoms with Crippen LogP contribution in [-0.4, -0.2) is 10.7 Å². The van der Waals surface area contributed by atoms with Crippen molar-refractivity contribution in [3.63, 3.8) is 0 Å². The van der Waals surface area contributed by atoms with Crippen molar-refractivity contribution in [3.05, 3.63) is 42.7 Å². The van der Waals surface area contributed by atoms with Gasteiger partial charge in [0, 0.05) is 18.0 Å². The van der Waals surface area contributed by atoms with Gasteiger partial charge in [-0.1, -0.05) is 6.58 Å². The highest BCUT2D eigenvalue weighted by Gasteiger charge is 1.92. The number of rotatable bonds is 2. The SMILES string of the molecule is C=CC(=N)c1cccnc1. The average molecular weight is 132 g/mol. The monoisotopic (exact) mass is 132 g/mol. The molecule has 0 spiro atoms. The van der Waals surface area contributed by atoms with Gasteiger partial charge in [-0.05, 0) is 18.2 Å². The van der Waals surface area contributed by atoms with E-state index in [4.69, 9.17) is 5.41 Å². The molecule has 1 heterocycles. The van der Waals surface area contributed by atoms with Crippen molar-refractivity contribution in [1.29, 1.82) is 5.41 Å². The fourth-order valence-corrected chi connectivity index (χ4v) is 0.640. The second kappa shape index (κ2) is 2.92. The van der Waals surface area contributed by atoms with E-state index in [2.05, 4.69) is 11.6 Å². The maximum atomic E-state index is 7.32. The quantitative estimate of drug-likeness (QED) is 0.610. The van der Waals surface area contributed by atoms with Crippen LogP contribution in [0.1, 0.15) is 5.56 Å².